The van der Waals surface area contributed by atoms with Crippen molar-refractivity contribution < 1.29 is 0 Å². The smallest absolute Gasteiger partial charge is 0.0753 e. The van der Waals surface area contributed by atoms with Crippen molar-refractivity contribution in [2.75, 3.05) is 31.1 Å². The van der Waals surface area contributed by atoms with Crippen LogP contribution in [0.2, 0.25) is 0 Å². The van der Waals surface area contributed by atoms with E-state index in [1.165, 1.54) is 16.8 Å². The second-order valence-electron chi connectivity index (χ2n) is 5.12. The molecule has 0 spiro atoms. The summed E-state index contributed by atoms with van der Waals surface area (Å²) in [6, 6.07) is 8.59. The van der Waals surface area contributed by atoms with Gasteiger partial charge in [0, 0.05) is 32.4 Å². The number of rotatable bonds is 3. The fourth-order valence-corrected chi connectivity index (χ4v) is 2.52. The number of benzene rings is 1. The average molecular weight is 256 g/mol. The topological polar surface area (TPSA) is 33.1 Å². The quantitative estimate of drug-likeness (QED) is 0.906. The van der Waals surface area contributed by atoms with Gasteiger partial charge < -0.3 is 10.2 Å². The highest BCUT2D eigenvalue weighted by atomic mass is 15.3. The summed E-state index contributed by atoms with van der Waals surface area (Å²) >= 11 is 0. The molecule has 1 aliphatic rings. The van der Waals surface area contributed by atoms with Gasteiger partial charge in [-0.15, -0.1) is 0 Å². The average Bonchev–Trinajstić information content (AvgIpc) is 2.88. The summed E-state index contributed by atoms with van der Waals surface area (Å²) in [5, 5.41) is 7.84. The Bertz CT molecular complexity index is 541. The number of anilines is 1. The first-order chi connectivity index (χ1) is 9.31. The summed E-state index contributed by atoms with van der Waals surface area (Å²) in [6.45, 7) is 7.21. The lowest BCUT2D eigenvalue weighted by Gasteiger charge is -2.27. The predicted molar refractivity (Wildman–Crippen MR) is 77.6 cm³/mol. The van der Waals surface area contributed by atoms with E-state index in [9.17, 15) is 0 Å². The molecule has 0 aliphatic carbocycles. The van der Waals surface area contributed by atoms with Gasteiger partial charge in [0.05, 0.1) is 18.4 Å². The lowest BCUT2D eigenvalue weighted by molar-refractivity contribution is 0.589. The molecule has 3 rings (SSSR count). The fraction of sp³-hybridized carbons (Fsp3) is 0.400. The van der Waals surface area contributed by atoms with Crippen LogP contribution in [0, 0.1) is 6.92 Å². The Morgan fingerprint density at radius 3 is 2.89 bits per heavy atom. The summed E-state index contributed by atoms with van der Waals surface area (Å²) in [4.78, 5) is 2.39. The van der Waals surface area contributed by atoms with E-state index in [1.54, 1.807) is 0 Å². The Hall–Kier alpha value is -1.81. The normalized spacial score (nSPS) is 15.7. The van der Waals surface area contributed by atoms with Crippen molar-refractivity contribution in [3.8, 4) is 0 Å². The van der Waals surface area contributed by atoms with Gasteiger partial charge in [-0.05, 0) is 12.5 Å². The summed E-state index contributed by atoms with van der Waals surface area (Å²) in [5.41, 5.74) is 3.83. The number of hydrogen-bond donors (Lipinski definition) is 1. The van der Waals surface area contributed by atoms with Crippen LogP contribution in [0.1, 0.15) is 11.1 Å². The molecule has 100 valence electrons. The van der Waals surface area contributed by atoms with Crippen molar-refractivity contribution in [3.63, 3.8) is 0 Å². The van der Waals surface area contributed by atoms with Crippen LogP contribution < -0.4 is 10.2 Å². The van der Waals surface area contributed by atoms with Gasteiger partial charge in [0.15, 0.2) is 0 Å². The van der Waals surface area contributed by atoms with E-state index in [0.29, 0.717) is 0 Å². The largest absolute Gasteiger partial charge is 0.366 e. The molecule has 1 fully saturated rings. The first-order valence-corrected chi connectivity index (χ1v) is 6.85. The van der Waals surface area contributed by atoms with Crippen molar-refractivity contribution in [1.29, 1.82) is 0 Å². The van der Waals surface area contributed by atoms with Crippen molar-refractivity contribution in [1.82, 2.24) is 15.1 Å². The van der Waals surface area contributed by atoms with Gasteiger partial charge in [-0.2, -0.15) is 5.10 Å². The summed E-state index contributed by atoms with van der Waals surface area (Å²) in [6.07, 6.45) is 4.12. The van der Waals surface area contributed by atoms with Crippen LogP contribution in [-0.4, -0.2) is 36.0 Å². The molecule has 1 N–H and O–H groups in total. The minimum Gasteiger partial charge on any atom is -0.366 e. The zero-order valence-electron chi connectivity index (χ0n) is 11.3. The molecule has 0 unspecified atom stereocenters. The van der Waals surface area contributed by atoms with Gasteiger partial charge in [-0.1, -0.05) is 29.8 Å². The van der Waals surface area contributed by atoms with Crippen LogP contribution in [0.4, 0.5) is 5.69 Å². The Kier molecular flexibility index (Phi) is 3.51. The SMILES string of the molecule is Cc1cccc(Cn2cc(N3CCNCC3)cn2)c1. The third-order valence-corrected chi connectivity index (χ3v) is 3.53. The molecule has 0 saturated carbocycles. The zero-order valence-corrected chi connectivity index (χ0v) is 11.3. The zero-order chi connectivity index (χ0) is 13.1. The molecule has 0 radical (unpaired) electrons. The highest BCUT2D eigenvalue weighted by Gasteiger charge is 2.12. The number of hydrogen-bond acceptors (Lipinski definition) is 3. The van der Waals surface area contributed by atoms with Crippen molar-refractivity contribution in [2.24, 2.45) is 0 Å². The summed E-state index contributed by atoms with van der Waals surface area (Å²) in [7, 11) is 0. The minimum atomic E-state index is 0.841. The van der Waals surface area contributed by atoms with Gasteiger partial charge in [-0.3, -0.25) is 4.68 Å². The van der Waals surface area contributed by atoms with Crippen LogP contribution in [0.3, 0.4) is 0 Å². The lowest BCUT2D eigenvalue weighted by Crippen LogP contribution is -2.43. The Morgan fingerprint density at radius 1 is 1.26 bits per heavy atom. The minimum absolute atomic E-state index is 0.841. The first-order valence-electron chi connectivity index (χ1n) is 6.85. The third-order valence-electron chi connectivity index (χ3n) is 3.53. The van der Waals surface area contributed by atoms with Crippen LogP contribution >= 0.6 is 0 Å². The van der Waals surface area contributed by atoms with Crippen LogP contribution in [0.5, 0.6) is 0 Å². The fourth-order valence-electron chi connectivity index (χ4n) is 2.52. The monoisotopic (exact) mass is 256 g/mol. The second kappa shape index (κ2) is 5.45. The molecule has 1 aromatic carbocycles. The number of piperazine rings is 1. The maximum atomic E-state index is 4.47. The standard InChI is InChI=1S/C15H20N4/c1-13-3-2-4-14(9-13)11-19-12-15(10-17-19)18-7-5-16-6-8-18/h2-4,9-10,12,16H,5-8,11H2,1H3. The number of aromatic nitrogens is 2. The Morgan fingerprint density at radius 2 is 2.11 bits per heavy atom. The van der Waals surface area contributed by atoms with E-state index in [4.69, 9.17) is 0 Å². The predicted octanol–water partition coefficient (Wildman–Crippen LogP) is 1.65. The van der Waals surface area contributed by atoms with E-state index in [0.717, 1.165) is 32.7 Å². The third kappa shape index (κ3) is 2.96. The Labute approximate surface area is 114 Å². The molecule has 19 heavy (non-hydrogen) atoms. The number of nitrogens with one attached hydrogen (secondary N) is 1. The molecular weight excluding hydrogens is 236 g/mol. The molecule has 4 heteroatoms. The van der Waals surface area contributed by atoms with Crippen molar-refractivity contribution in [2.45, 2.75) is 13.5 Å². The highest BCUT2D eigenvalue weighted by Crippen LogP contribution is 2.14. The summed E-state index contributed by atoms with van der Waals surface area (Å²) < 4.78 is 2.02. The first kappa shape index (κ1) is 12.2. The molecule has 1 saturated heterocycles. The molecule has 0 bridgehead atoms. The van der Waals surface area contributed by atoms with E-state index >= 15 is 0 Å². The van der Waals surface area contributed by atoms with Gasteiger partial charge in [0.1, 0.15) is 0 Å². The molecule has 1 aromatic heterocycles. The van der Waals surface area contributed by atoms with Crippen LogP contribution in [-0.2, 0) is 6.54 Å². The Balaban J connectivity index is 1.70. The molecule has 0 atom stereocenters. The molecular formula is C15H20N4. The van der Waals surface area contributed by atoms with Crippen LogP contribution in [0.25, 0.3) is 0 Å². The summed E-state index contributed by atoms with van der Waals surface area (Å²) in [5.74, 6) is 0. The van der Waals surface area contributed by atoms with Gasteiger partial charge in [0.2, 0.25) is 0 Å². The molecule has 4 nitrogen and oxygen atoms in total. The molecule has 0 amide bonds. The van der Waals surface area contributed by atoms with Gasteiger partial charge in [-0.25, -0.2) is 0 Å². The van der Waals surface area contributed by atoms with Crippen molar-refractivity contribution >= 4 is 5.69 Å². The van der Waals surface area contributed by atoms with E-state index < -0.39 is 0 Å². The van der Waals surface area contributed by atoms with E-state index in [-0.39, 0.29) is 0 Å². The lowest BCUT2D eigenvalue weighted by atomic mass is 10.1. The number of aryl methyl sites for hydroxylation is 1. The van der Waals surface area contributed by atoms with Crippen molar-refractivity contribution in [3.05, 3.63) is 47.8 Å². The maximum absolute atomic E-state index is 4.47. The maximum Gasteiger partial charge on any atom is 0.0753 e. The van der Waals surface area contributed by atoms with E-state index in [1.807, 2.05) is 10.9 Å². The van der Waals surface area contributed by atoms with Gasteiger partial charge in [0.25, 0.3) is 0 Å². The second-order valence-corrected chi connectivity index (χ2v) is 5.12. The molecule has 2 heterocycles. The van der Waals surface area contributed by atoms with E-state index in [2.05, 4.69) is 52.7 Å². The van der Waals surface area contributed by atoms with Gasteiger partial charge >= 0.3 is 0 Å². The highest BCUT2D eigenvalue weighted by molar-refractivity contribution is 5.43. The number of nitrogens with zero attached hydrogens (tertiary/aromatic N) is 3. The van der Waals surface area contributed by atoms with Crippen LogP contribution in [0.15, 0.2) is 36.7 Å². The molecule has 2 aromatic rings. The molecule has 1 aliphatic heterocycles.